The molecule has 0 saturated carbocycles. The largest absolute Gasteiger partial charge is 0.478 e. The summed E-state index contributed by atoms with van der Waals surface area (Å²) in [5.41, 5.74) is 7.17. The van der Waals surface area contributed by atoms with Gasteiger partial charge in [-0.25, -0.2) is 4.79 Å². The number of nitrogens with zero attached hydrogens (tertiary/aromatic N) is 2. The van der Waals surface area contributed by atoms with Crippen LogP contribution in [0.15, 0.2) is 89.2 Å². The Morgan fingerprint density at radius 3 is 2.55 bits per heavy atom. The lowest BCUT2D eigenvalue weighted by molar-refractivity contribution is -0.131. The number of carboxylic acid groups (broad SMARTS) is 1. The maximum absolute atomic E-state index is 10.5. The molecule has 240 valence electrons. The van der Waals surface area contributed by atoms with Crippen LogP contribution in [0, 0.1) is 5.41 Å². The third-order valence-electron chi connectivity index (χ3n) is 8.24. The van der Waals surface area contributed by atoms with Gasteiger partial charge in [0.25, 0.3) is 0 Å². The monoisotopic (exact) mass is 619 g/mol. The number of aromatic nitrogens is 1. The Hall–Kier alpha value is -3.15. The second kappa shape index (κ2) is 18.6. The Morgan fingerprint density at radius 2 is 1.89 bits per heavy atom. The molecule has 5 nitrogen and oxygen atoms in total. The van der Waals surface area contributed by atoms with Crippen molar-refractivity contribution in [1.82, 2.24) is 9.88 Å². The molecule has 1 aromatic heterocycles. The molecule has 0 amide bonds. The van der Waals surface area contributed by atoms with E-state index in [1.54, 1.807) is 13.0 Å². The van der Waals surface area contributed by atoms with Crippen molar-refractivity contribution in [3.63, 3.8) is 0 Å². The highest BCUT2D eigenvalue weighted by atomic mass is 35.5. The fourth-order valence-corrected chi connectivity index (χ4v) is 5.79. The molecule has 1 aromatic carbocycles. The number of hydrogen-bond donors (Lipinski definition) is 2. The van der Waals surface area contributed by atoms with Gasteiger partial charge in [-0.05, 0) is 120 Å². The van der Waals surface area contributed by atoms with Crippen LogP contribution < -0.4 is 5.32 Å². The molecule has 0 spiro atoms. The number of rotatable bonds is 13. The average molecular weight is 620 g/mol. The smallest absolute Gasteiger partial charge is 0.328 e. The van der Waals surface area contributed by atoms with Crippen molar-refractivity contribution < 1.29 is 9.90 Å². The Bertz CT molecular complexity index is 1380. The number of pyridine rings is 1. The SMILES string of the molecule is CC1=C(/C=C/C(C)=C/C=C/C(C)=C/C(=O)O)C(C)(C)CCC1.CCN(CC)CCCC(C)Nc1ccnc2cc(Cl)ccc12. The van der Waals surface area contributed by atoms with Crippen molar-refractivity contribution in [2.75, 3.05) is 25.0 Å². The molecule has 1 atom stereocenters. The summed E-state index contributed by atoms with van der Waals surface area (Å²) >= 11 is 6.04. The summed E-state index contributed by atoms with van der Waals surface area (Å²) in [5.74, 6) is -0.912. The topological polar surface area (TPSA) is 65.5 Å². The zero-order chi connectivity index (χ0) is 32.7. The summed E-state index contributed by atoms with van der Waals surface area (Å²) in [7, 11) is 0. The van der Waals surface area contributed by atoms with Crippen molar-refractivity contribution in [3.8, 4) is 0 Å². The van der Waals surface area contributed by atoms with Crippen molar-refractivity contribution >= 4 is 34.2 Å². The van der Waals surface area contributed by atoms with Gasteiger partial charge in [-0.2, -0.15) is 0 Å². The van der Waals surface area contributed by atoms with Crippen LogP contribution in [0.3, 0.4) is 0 Å². The first-order chi connectivity index (χ1) is 20.9. The molecule has 1 unspecified atom stereocenters. The van der Waals surface area contributed by atoms with Crippen molar-refractivity contribution in [1.29, 1.82) is 0 Å². The number of allylic oxidation sites excluding steroid dienone is 9. The van der Waals surface area contributed by atoms with Crippen LogP contribution in [0.4, 0.5) is 5.69 Å². The third-order valence-corrected chi connectivity index (χ3v) is 8.47. The number of nitrogens with one attached hydrogen (secondary N) is 1. The van der Waals surface area contributed by atoms with E-state index in [4.69, 9.17) is 16.7 Å². The highest BCUT2D eigenvalue weighted by molar-refractivity contribution is 6.31. The first-order valence-electron chi connectivity index (χ1n) is 16.0. The van der Waals surface area contributed by atoms with Crippen LogP contribution in [-0.4, -0.2) is 46.6 Å². The maximum atomic E-state index is 10.5. The van der Waals surface area contributed by atoms with E-state index in [0.29, 0.717) is 6.04 Å². The minimum atomic E-state index is -0.912. The molecule has 2 N–H and O–H groups in total. The average Bonchev–Trinajstić information content (AvgIpc) is 2.94. The van der Waals surface area contributed by atoms with Gasteiger partial charge in [0, 0.05) is 34.4 Å². The summed E-state index contributed by atoms with van der Waals surface area (Å²) in [4.78, 5) is 17.4. The molecule has 1 aliphatic carbocycles. The number of halogens is 1. The van der Waals surface area contributed by atoms with Gasteiger partial charge in [-0.1, -0.05) is 80.8 Å². The predicted molar refractivity (Wildman–Crippen MR) is 191 cm³/mol. The van der Waals surface area contributed by atoms with E-state index in [2.05, 4.69) is 75.8 Å². The first kappa shape index (κ1) is 37.0. The molecular formula is C38H54ClN3O2. The Labute approximate surface area is 271 Å². The van der Waals surface area contributed by atoms with E-state index >= 15 is 0 Å². The molecule has 2 aromatic rings. The van der Waals surface area contributed by atoms with E-state index in [-0.39, 0.29) is 5.41 Å². The van der Waals surface area contributed by atoms with E-state index in [0.717, 1.165) is 52.3 Å². The summed E-state index contributed by atoms with van der Waals surface area (Å²) in [6.07, 6.45) is 19.2. The number of fused-ring (bicyclic) bond motifs is 1. The van der Waals surface area contributed by atoms with Crippen LogP contribution in [0.25, 0.3) is 10.9 Å². The van der Waals surface area contributed by atoms with Gasteiger partial charge in [0.2, 0.25) is 0 Å². The second-order valence-electron chi connectivity index (χ2n) is 12.5. The van der Waals surface area contributed by atoms with E-state index in [1.807, 2.05) is 42.6 Å². The quantitative estimate of drug-likeness (QED) is 0.172. The number of benzene rings is 1. The zero-order valence-electron chi connectivity index (χ0n) is 28.2. The van der Waals surface area contributed by atoms with Gasteiger partial charge < -0.3 is 15.3 Å². The van der Waals surface area contributed by atoms with E-state index in [1.165, 1.54) is 49.5 Å². The fourth-order valence-electron chi connectivity index (χ4n) is 5.62. The molecule has 0 aliphatic heterocycles. The van der Waals surface area contributed by atoms with E-state index < -0.39 is 5.97 Å². The normalized spacial score (nSPS) is 16.5. The molecule has 0 fully saturated rings. The number of aliphatic carboxylic acids is 1. The molecule has 6 heteroatoms. The molecule has 0 saturated heterocycles. The number of carboxylic acids is 1. The Balaban J connectivity index is 0.000000307. The number of hydrogen-bond acceptors (Lipinski definition) is 4. The Morgan fingerprint density at radius 1 is 1.16 bits per heavy atom. The minimum Gasteiger partial charge on any atom is -0.478 e. The first-order valence-corrected chi connectivity index (χ1v) is 16.4. The van der Waals surface area contributed by atoms with Crippen molar-refractivity contribution in [2.45, 2.75) is 93.5 Å². The molecule has 44 heavy (non-hydrogen) atoms. The van der Waals surface area contributed by atoms with Crippen LogP contribution in [0.2, 0.25) is 5.02 Å². The van der Waals surface area contributed by atoms with Gasteiger partial charge in [0.15, 0.2) is 0 Å². The molecule has 0 radical (unpaired) electrons. The summed E-state index contributed by atoms with van der Waals surface area (Å²) < 4.78 is 0. The highest BCUT2D eigenvalue weighted by Crippen LogP contribution is 2.40. The standard InChI is InChI=1S/C20H28O2.C18H26ClN3/c1-15(8-6-9-16(2)14-19(21)22)11-12-18-17(3)10-7-13-20(18,4)5;1-4-22(5-2)12-6-7-14(3)21-17-10-11-20-18-13-15(19)8-9-16(17)18/h6,8-9,11-12,14H,7,10,13H2,1-5H3,(H,21,22);8-11,13-14H,4-7,12H2,1-3H3,(H,20,21)/b9-6+,12-11+,15-8+,16-14+;. The minimum absolute atomic E-state index is 0.260. The lowest BCUT2D eigenvalue weighted by Crippen LogP contribution is -2.25. The van der Waals surface area contributed by atoms with Crippen molar-refractivity contribution in [2.24, 2.45) is 5.41 Å². The fraction of sp³-hybridized carbons (Fsp3) is 0.474. The zero-order valence-corrected chi connectivity index (χ0v) is 29.0. The summed E-state index contributed by atoms with van der Waals surface area (Å²) in [6.45, 7) is 20.8. The third kappa shape index (κ3) is 12.8. The lowest BCUT2D eigenvalue weighted by atomic mass is 9.72. The molecular weight excluding hydrogens is 566 g/mol. The van der Waals surface area contributed by atoms with Crippen LogP contribution in [0.1, 0.15) is 87.5 Å². The van der Waals surface area contributed by atoms with Gasteiger partial charge >= 0.3 is 5.97 Å². The second-order valence-corrected chi connectivity index (χ2v) is 12.9. The van der Waals surface area contributed by atoms with E-state index in [9.17, 15) is 4.79 Å². The van der Waals surface area contributed by atoms with Crippen LogP contribution in [0.5, 0.6) is 0 Å². The maximum Gasteiger partial charge on any atom is 0.328 e. The summed E-state index contributed by atoms with van der Waals surface area (Å²) in [5, 5.41) is 14.1. The van der Waals surface area contributed by atoms with Gasteiger partial charge in [-0.3, -0.25) is 4.98 Å². The van der Waals surface area contributed by atoms with Gasteiger partial charge in [0.1, 0.15) is 0 Å². The molecule has 1 aliphatic rings. The number of carbonyl (C=O) groups is 1. The molecule has 3 rings (SSSR count). The molecule has 1 heterocycles. The summed E-state index contributed by atoms with van der Waals surface area (Å²) in [6, 6.07) is 8.35. The number of anilines is 1. The van der Waals surface area contributed by atoms with Gasteiger partial charge in [0.05, 0.1) is 5.52 Å². The highest BCUT2D eigenvalue weighted by Gasteiger charge is 2.26. The Kier molecular flexibility index (Phi) is 15.7. The van der Waals surface area contributed by atoms with Gasteiger partial charge in [-0.15, -0.1) is 0 Å². The predicted octanol–water partition coefficient (Wildman–Crippen LogP) is 10.4. The van der Waals surface area contributed by atoms with Crippen molar-refractivity contribution in [3.05, 3.63) is 94.2 Å². The molecule has 0 bridgehead atoms. The lowest BCUT2D eigenvalue weighted by Gasteiger charge is -2.32. The van der Waals surface area contributed by atoms with Crippen LogP contribution in [-0.2, 0) is 4.79 Å². The van der Waals surface area contributed by atoms with Crippen LogP contribution >= 0.6 is 11.6 Å².